The molecule has 1 amide bonds. The normalized spacial score (nSPS) is 17.8. The van der Waals surface area contributed by atoms with Crippen LogP contribution in [0.5, 0.6) is 0 Å². The van der Waals surface area contributed by atoms with Gasteiger partial charge in [0.15, 0.2) is 5.82 Å². The molecule has 0 radical (unpaired) electrons. The topological polar surface area (TPSA) is 61.8 Å². The number of hydrogen-bond donors (Lipinski definition) is 0. The van der Waals surface area contributed by atoms with E-state index in [0.29, 0.717) is 18.1 Å². The van der Waals surface area contributed by atoms with Crippen LogP contribution >= 0.6 is 11.6 Å². The second-order valence-corrected chi connectivity index (χ2v) is 7.45. The summed E-state index contributed by atoms with van der Waals surface area (Å²) in [5.74, 6) is 0.852. The van der Waals surface area contributed by atoms with E-state index in [1.54, 1.807) is 18.3 Å². The molecule has 0 aliphatic carbocycles. The molecule has 2 fully saturated rings. The van der Waals surface area contributed by atoms with Crippen molar-refractivity contribution in [2.24, 2.45) is 0 Å². The van der Waals surface area contributed by atoms with Gasteiger partial charge in [0.25, 0.3) is 0 Å². The van der Waals surface area contributed by atoms with Crippen molar-refractivity contribution in [3.05, 3.63) is 53.2 Å². The number of piperazine rings is 1. The Balaban J connectivity index is 1.34. The molecule has 0 saturated carbocycles. The quantitative estimate of drug-likeness (QED) is 0.717. The van der Waals surface area contributed by atoms with Gasteiger partial charge in [0.1, 0.15) is 0 Å². The standard InChI is InChI=1S/C21H24ClN5O2/c22-19-4-2-1-3-17(19)5-6-21(28)27-9-7-26(8-10-27)20-15-18(16-23-24-20)25-11-13-29-14-12-25/h1-6,15-16H,7-14H2/b6-5+. The Bertz CT molecular complexity index is 877. The van der Waals surface area contributed by atoms with Gasteiger partial charge in [0.05, 0.1) is 25.1 Å². The molecule has 0 bridgehead atoms. The molecule has 3 heterocycles. The molecule has 2 aromatic rings. The molecule has 29 heavy (non-hydrogen) atoms. The molecular formula is C21H24ClN5O2. The highest BCUT2D eigenvalue weighted by molar-refractivity contribution is 6.32. The van der Waals surface area contributed by atoms with Crippen molar-refractivity contribution < 1.29 is 9.53 Å². The summed E-state index contributed by atoms with van der Waals surface area (Å²) in [6.07, 6.45) is 5.16. The highest BCUT2D eigenvalue weighted by Crippen LogP contribution is 2.21. The molecule has 1 aromatic heterocycles. The highest BCUT2D eigenvalue weighted by Gasteiger charge is 2.22. The number of carbonyl (C=O) groups excluding carboxylic acids is 1. The maximum absolute atomic E-state index is 12.5. The Morgan fingerprint density at radius 3 is 2.55 bits per heavy atom. The van der Waals surface area contributed by atoms with Crippen LogP contribution in [0.4, 0.5) is 11.5 Å². The van der Waals surface area contributed by atoms with Gasteiger partial charge in [-0.2, -0.15) is 5.10 Å². The van der Waals surface area contributed by atoms with Crippen molar-refractivity contribution in [3.63, 3.8) is 0 Å². The van der Waals surface area contributed by atoms with Gasteiger partial charge in [-0.1, -0.05) is 29.8 Å². The van der Waals surface area contributed by atoms with Crippen molar-refractivity contribution in [1.29, 1.82) is 0 Å². The van der Waals surface area contributed by atoms with E-state index in [-0.39, 0.29) is 5.91 Å². The van der Waals surface area contributed by atoms with Gasteiger partial charge < -0.3 is 19.4 Å². The molecule has 8 heteroatoms. The zero-order valence-electron chi connectivity index (χ0n) is 16.2. The minimum absolute atomic E-state index is 0.00211. The summed E-state index contributed by atoms with van der Waals surface area (Å²) in [6, 6.07) is 9.56. The van der Waals surface area contributed by atoms with E-state index < -0.39 is 0 Å². The van der Waals surface area contributed by atoms with E-state index in [9.17, 15) is 4.79 Å². The third-order valence-electron chi connectivity index (χ3n) is 5.23. The number of amides is 1. The van der Waals surface area contributed by atoms with Gasteiger partial charge in [-0.25, -0.2) is 0 Å². The van der Waals surface area contributed by atoms with Crippen LogP contribution < -0.4 is 9.80 Å². The first-order valence-corrected chi connectivity index (χ1v) is 10.2. The average Bonchev–Trinajstić information content (AvgIpc) is 2.79. The molecule has 0 atom stereocenters. The maximum atomic E-state index is 12.5. The minimum atomic E-state index is -0.00211. The minimum Gasteiger partial charge on any atom is -0.378 e. The number of hydrogen-bond acceptors (Lipinski definition) is 6. The predicted molar refractivity (Wildman–Crippen MR) is 114 cm³/mol. The summed E-state index contributed by atoms with van der Waals surface area (Å²) in [5.41, 5.74) is 1.91. The largest absolute Gasteiger partial charge is 0.378 e. The number of ether oxygens (including phenoxy) is 1. The SMILES string of the molecule is O=C(/C=C/c1ccccc1Cl)N1CCN(c2cc(N3CCOCC3)cnn2)CC1. The zero-order valence-corrected chi connectivity index (χ0v) is 17.0. The van der Waals surface area contributed by atoms with Crippen LogP contribution in [0.1, 0.15) is 5.56 Å². The monoisotopic (exact) mass is 413 g/mol. The lowest BCUT2D eigenvalue weighted by Crippen LogP contribution is -2.48. The number of aromatic nitrogens is 2. The fraction of sp³-hybridized carbons (Fsp3) is 0.381. The van der Waals surface area contributed by atoms with Crippen LogP contribution in [0.25, 0.3) is 6.08 Å². The fourth-order valence-corrected chi connectivity index (χ4v) is 3.73. The van der Waals surface area contributed by atoms with Gasteiger partial charge in [-0.15, -0.1) is 5.10 Å². The molecule has 152 valence electrons. The molecule has 2 aliphatic rings. The van der Waals surface area contributed by atoms with Crippen LogP contribution in [-0.4, -0.2) is 73.5 Å². The maximum Gasteiger partial charge on any atom is 0.246 e. The Hall–Kier alpha value is -2.64. The Morgan fingerprint density at radius 1 is 1.03 bits per heavy atom. The van der Waals surface area contributed by atoms with Crippen molar-refractivity contribution in [2.75, 3.05) is 62.3 Å². The van der Waals surface area contributed by atoms with Gasteiger partial charge in [0, 0.05) is 56.4 Å². The molecule has 2 aliphatic heterocycles. The van der Waals surface area contributed by atoms with Gasteiger partial charge in [0.2, 0.25) is 5.91 Å². The number of halogens is 1. The molecule has 1 aromatic carbocycles. The van der Waals surface area contributed by atoms with Crippen LogP contribution in [0, 0.1) is 0 Å². The third kappa shape index (κ3) is 4.86. The fourth-order valence-electron chi connectivity index (χ4n) is 3.53. The molecule has 0 N–H and O–H groups in total. The van der Waals surface area contributed by atoms with Crippen LogP contribution in [-0.2, 0) is 9.53 Å². The first kappa shape index (κ1) is 19.7. The second-order valence-electron chi connectivity index (χ2n) is 7.04. The third-order valence-corrected chi connectivity index (χ3v) is 5.57. The summed E-state index contributed by atoms with van der Waals surface area (Å²) in [4.78, 5) is 18.8. The zero-order chi connectivity index (χ0) is 20.1. The van der Waals surface area contributed by atoms with E-state index in [1.165, 1.54) is 0 Å². The number of nitrogens with zero attached hydrogens (tertiary/aromatic N) is 5. The molecule has 0 spiro atoms. The number of benzene rings is 1. The smallest absolute Gasteiger partial charge is 0.246 e. The Labute approximate surface area is 175 Å². The Kier molecular flexibility index (Phi) is 6.27. The van der Waals surface area contributed by atoms with Crippen LogP contribution in [0.3, 0.4) is 0 Å². The van der Waals surface area contributed by atoms with Gasteiger partial charge in [-0.05, 0) is 17.7 Å². The highest BCUT2D eigenvalue weighted by atomic mass is 35.5. The van der Waals surface area contributed by atoms with Crippen molar-refractivity contribution in [1.82, 2.24) is 15.1 Å². The molecule has 7 nitrogen and oxygen atoms in total. The van der Waals surface area contributed by atoms with Gasteiger partial charge in [-0.3, -0.25) is 4.79 Å². The predicted octanol–water partition coefficient (Wildman–Crippen LogP) is 2.33. The number of anilines is 2. The van der Waals surface area contributed by atoms with Crippen molar-refractivity contribution in [2.45, 2.75) is 0 Å². The summed E-state index contributed by atoms with van der Waals surface area (Å²) >= 11 is 6.14. The molecule has 2 saturated heterocycles. The molecular weight excluding hydrogens is 390 g/mol. The van der Waals surface area contributed by atoms with E-state index in [2.05, 4.69) is 26.1 Å². The second kappa shape index (κ2) is 9.24. The van der Waals surface area contributed by atoms with Gasteiger partial charge >= 0.3 is 0 Å². The van der Waals surface area contributed by atoms with Crippen molar-refractivity contribution in [3.8, 4) is 0 Å². The average molecular weight is 414 g/mol. The molecule has 0 unspecified atom stereocenters. The molecule has 4 rings (SSSR count). The van der Waals surface area contributed by atoms with E-state index in [1.807, 2.05) is 29.2 Å². The number of carbonyl (C=O) groups is 1. The summed E-state index contributed by atoms with van der Waals surface area (Å²) < 4.78 is 5.42. The lowest BCUT2D eigenvalue weighted by atomic mass is 10.2. The van der Waals surface area contributed by atoms with E-state index in [4.69, 9.17) is 16.3 Å². The van der Waals surface area contributed by atoms with Crippen LogP contribution in [0.2, 0.25) is 5.02 Å². The lowest BCUT2D eigenvalue weighted by Gasteiger charge is -2.35. The number of rotatable bonds is 4. The van der Waals surface area contributed by atoms with E-state index >= 15 is 0 Å². The Morgan fingerprint density at radius 2 is 1.79 bits per heavy atom. The summed E-state index contributed by atoms with van der Waals surface area (Å²) in [7, 11) is 0. The first-order chi connectivity index (χ1) is 14.2. The summed E-state index contributed by atoms with van der Waals surface area (Å²) in [6.45, 7) is 5.96. The first-order valence-electron chi connectivity index (χ1n) is 9.82. The van der Waals surface area contributed by atoms with Crippen LogP contribution in [0.15, 0.2) is 42.6 Å². The number of morpholine rings is 1. The lowest BCUT2D eigenvalue weighted by molar-refractivity contribution is -0.126. The summed E-state index contributed by atoms with van der Waals surface area (Å²) in [5, 5.41) is 9.12. The van der Waals surface area contributed by atoms with E-state index in [0.717, 1.165) is 56.5 Å². The van der Waals surface area contributed by atoms with Crippen molar-refractivity contribution >= 4 is 35.1 Å².